The van der Waals surface area contributed by atoms with Gasteiger partial charge in [-0.2, -0.15) is 4.98 Å². The predicted octanol–water partition coefficient (Wildman–Crippen LogP) is 4.46. The van der Waals surface area contributed by atoms with Gasteiger partial charge in [-0.05, 0) is 61.6 Å². The Balaban J connectivity index is 0.792. The van der Waals surface area contributed by atoms with Gasteiger partial charge in [-0.15, -0.1) is 0 Å². The zero-order chi connectivity index (χ0) is 47.7. The molecule has 2 aromatic heterocycles. The van der Waals surface area contributed by atoms with Crippen LogP contribution >= 0.6 is 11.6 Å². The molecule has 0 radical (unpaired) electrons. The van der Waals surface area contributed by atoms with E-state index in [9.17, 15) is 27.6 Å². The number of hydrogen-bond acceptors (Lipinski definition) is 16. The largest absolute Gasteiger partial charge is 0.494 e. The molecule has 4 N–H and O–H groups in total. The molecular formula is C46H51ClN12O8S. The summed E-state index contributed by atoms with van der Waals surface area (Å²) in [6, 6.07) is 12.2. The first kappa shape index (κ1) is 46.3. The SMILES string of the molecule is CCc1cc(Nc2ncc(Cl)c(Nc3ccc4nccnc4c3NS(C)(=O)=O)n2)c(OC)cc1N1CCC(N2CCN(C(=O)COc3cccc4c3CN(C3CCC(=O)NC3=O)C4=O)CC2)CC1. The number of rotatable bonds is 14. The van der Waals surface area contributed by atoms with Gasteiger partial charge in [-0.25, -0.2) is 13.4 Å². The van der Waals surface area contributed by atoms with Gasteiger partial charge in [0.2, 0.25) is 27.8 Å². The van der Waals surface area contributed by atoms with Crippen molar-refractivity contribution in [2.75, 3.05) is 79.5 Å². The molecule has 20 nitrogen and oxygen atoms in total. The second-order valence-corrected chi connectivity index (χ2v) is 19.2. The number of piperazine rings is 1. The van der Waals surface area contributed by atoms with Crippen molar-refractivity contribution in [3.8, 4) is 11.5 Å². The number of ether oxygens (including phenoxy) is 2. The van der Waals surface area contributed by atoms with Crippen LogP contribution < -0.4 is 35.0 Å². The molecule has 4 amide bonds. The van der Waals surface area contributed by atoms with E-state index in [0.717, 1.165) is 62.9 Å². The maximum absolute atomic E-state index is 13.4. The number of benzene rings is 3. The van der Waals surface area contributed by atoms with Crippen molar-refractivity contribution in [2.24, 2.45) is 0 Å². The Morgan fingerprint density at radius 3 is 2.44 bits per heavy atom. The highest BCUT2D eigenvalue weighted by molar-refractivity contribution is 7.92. The number of nitrogens with one attached hydrogen (secondary N) is 4. The molecule has 356 valence electrons. The van der Waals surface area contributed by atoms with Gasteiger partial charge in [0.15, 0.2) is 12.4 Å². The summed E-state index contributed by atoms with van der Waals surface area (Å²) in [4.78, 5) is 76.7. The summed E-state index contributed by atoms with van der Waals surface area (Å²) in [5.41, 5.74) is 5.35. The Morgan fingerprint density at radius 2 is 1.71 bits per heavy atom. The fourth-order valence-corrected chi connectivity index (χ4v) is 10.1. The monoisotopic (exact) mass is 966 g/mol. The van der Waals surface area contributed by atoms with Crippen LogP contribution in [0, 0.1) is 0 Å². The lowest BCUT2D eigenvalue weighted by Crippen LogP contribution is -2.55. The van der Waals surface area contributed by atoms with Crippen LogP contribution in [0.4, 0.5) is 34.5 Å². The first-order chi connectivity index (χ1) is 32.8. The van der Waals surface area contributed by atoms with Crippen molar-refractivity contribution in [1.29, 1.82) is 0 Å². The highest BCUT2D eigenvalue weighted by atomic mass is 35.5. The zero-order valence-electron chi connectivity index (χ0n) is 37.8. The first-order valence-electron chi connectivity index (χ1n) is 22.4. The molecule has 6 heterocycles. The highest BCUT2D eigenvalue weighted by Crippen LogP contribution is 2.39. The van der Waals surface area contributed by atoms with Crippen molar-refractivity contribution < 1.29 is 37.1 Å². The number of carbonyl (C=O) groups excluding carboxylic acids is 4. The molecule has 4 aliphatic heterocycles. The van der Waals surface area contributed by atoms with Crippen LogP contribution in [0.1, 0.15) is 54.1 Å². The van der Waals surface area contributed by atoms with Crippen molar-refractivity contribution in [3.05, 3.63) is 82.8 Å². The third-order valence-corrected chi connectivity index (χ3v) is 13.7. The smallest absolute Gasteiger partial charge is 0.260 e. The lowest BCUT2D eigenvalue weighted by atomic mass is 9.99. The zero-order valence-corrected chi connectivity index (χ0v) is 39.3. The maximum atomic E-state index is 13.4. The van der Waals surface area contributed by atoms with Gasteiger partial charge in [-0.3, -0.25) is 44.1 Å². The fraction of sp³-hybridized carbons (Fsp3) is 0.391. The number of halogens is 1. The van der Waals surface area contributed by atoms with Crippen molar-refractivity contribution in [1.82, 2.24) is 40.0 Å². The molecule has 9 rings (SSSR count). The van der Waals surface area contributed by atoms with E-state index in [2.05, 4.69) is 57.3 Å². The molecule has 3 saturated heterocycles. The average molecular weight is 968 g/mol. The molecule has 1 unspecified atom stereocenters. The highest BCUT2D eigenvalue weighted by Gasteiger charge is 2.40. The van der Waals surface area contributed by atoms with Gasteiger partial charge < -0.3 is 34.8 Å². The topological polar surface area (TPSA) is 234 Å². The van der Waals surface area contributed by atoms with Crippen LogP contribution in [0.2, 0.25) is 5.02 Å². The van der Waals surface area contributed by atoms with Gasteiger partial charge in [0, 0.05) is 87.0 Å². The number of anilines is 6. The van der Waals surface area contributed by atoms with E-state index in [4.69, 9.17) is 21.1 Å². The van der Waals surface area contributed by atoms with E-state index in [1.807, 2.05) is 17.0 Å². The minimum atomic E-state index is -3.69. The number of methoxy groups -OCH3 is 1. The number of sulfonamides is 1. The van der Waals surface area contributed by atoms with Crippen LogP contribution in [0.15, 0.2) is 61.1 Å². The maximum Gasteiger partial charge on any atom is 0.260 e. The number of nitrogens with zero attached hydrogens (tertiary/aromatic N) is 8. The number of imide groups is 1. The van der Waals surface area contributed by atoms with Crippen LogP contribution in [0.3, 0.4) is 0 Å². The minimum absolute atomic E-state index is 0.128. The molecule has 3 fully saturated rings. The van der Waals surface area contributed by atoms with E-state index >= 15 is 0 Å². The second-order valence-electron chi connectivity index (χ2n) is 17.1. The molecule has 22 heteroatoms. The van der Waals surface area contributed by atoms with E-state index < -0.39 is 22.0 Å². The van der Waals surface area contributed by atoms with E-state index in [1.54, 1.807) is 37.4 Å². The Bertz CT molecular complexity index is 2910. The van der Waals surface area contributed by atoms with Gasteiger partial charge >= 0.3 is 0 Å². The minimum Gasteiger partial charge on any atom is -0.494 e. The summed E-state index contributed by atoms with van der Waals surface area (Å²) in [7, 11) is -2.07. The van der Waals surface area contributed by atoms with Gasteiger partial charge in [0.05, 0.1) is 48.7 Å². The third-order valence-electron chi connectivity index (χ3n) is 12.8. The van der Waals surface area contributed by atoms with Crippen LogP contribution in [0.25, 0.3) is 11.0 Å². The number of aromatic nitrogens is 4. The number of amides is 4. The van der Waals surface area contributed by atoms with E-state index in [0.29, 0.717) is 64.2 Å². The summed E-state index contributed by atoms with van der Waals surface area (Å²) < 4.78 is 39.1. The summed E-state index contributed by atoms with van der Waals surface area (Å²) in [5.74, 6) is 0.260. The molecule has 5 aromatic rings. The molecule has 0 bridgehead atoms. The summed E-state index contributed by atoms with van der Waals surface area (Å²) in [6.07, 6.45) is 8.61. The van der Waals surface area contributed by atoms with Crippen molar-refractivity contribution in [2.45, 2.75) is 57.7 Å². The van der Waals surface area contributed by atoms with Crippen LogP contribution in [-0.4, -0.2) is 138 Å². The molecular weight excluding hydrogens is 916 g/mol. The number of aryl methyl sites for hydroxylation is 1. The molecule has 0 aliphatic carbocycles. The second kappa shape index (κ2) is 19.4. The number of fused-ring (bicyclic) bond motifs is 2. The fourth-order valence-electron chi connectivity index (χ4n) is 9.38. The van der Waals surface area contributed by atoms with Crippen molar-refractivity contribution in [3.63, 3.8) is 0 Å². The number of piperidine rings is 2. The Hall–Kier alpha value is -6.84. The lowest BCUT2D eigenvalue weighted by Gasteiger charge is -2.43. The Kier molecular flexibility index (Phi) is 13.2. The quantitative estimate of drug-likeness (QED) is 0.113. The molecule has 68 heavy (non-hydrogen) atoms. The molecule has 4 aliphatic rings. The van der Waals surface area contributed by atoms with Crippen molar-refractivity contribution >= 4 is 90.8 Å². The molecule has 1 atom stereocenters. The average Bonchev–Trinajstić information content (AvgIpc) is 3.67. The van der Waals surface area contributed by atoms with Gasteiger partial charge in [0.25, 0.3) is 11.8 Å². The molecule has 3 aromatic carbocycles. The van der Waals surface area contributed by atoms with Crippen LogP contribution in [-0.2, 0) is 37.4 Å². The van der Waals surface area contributed by atoms with Gasteiger partial charge in [0.1, 0.15) is 28.1 Å². The normalized spacial score (nSPS) is 18.1. The van der Waals surface area contributed by atoms with Crippen LogP contribution in [0.5, 0.6) is 11.5 Å². The summed E-state index contributed by atoms with van der Waals surface area (Å²) in [5, 5.41) is 8.96. The van der Waals surface area contributed by atoms with E-state index in [-0.39, 0.29) is 66.2 Å². The van der Waals surface area contributed by atoms with Gasteiger partial charge in [-0.1, -0.05) is 24.6 Å². The number of carbonyl (C=O) groups is 4. The standard InChI is InChI=1S/C46H51ClN12O8S/c1-4-27-22-34(52-46-50-24-31(47)43(54-46)51-33-9-8-32-41(49-15-14-48-32)42(33)55-68(3,64)65)38(66-2)23-36(27)57-16-12-28(13-17-57)56-18-20-58(21-19-56)40(61)26-67-37-7-5-6-29-30(37)25-59(45(29)63)35-10-11-39(60)53-44(35)62/h5-9,14-15,22-24,28,35,55H,4,10-13,16-21,25-26H2,1-3H3,(H,53,60,62)(H2,50,51,52,54). The Labute approximate surface area is 397 Å². The molecule has 0 spiro atoms. The third kappa shape index (κ3) is 9.76. The number of hydrogen-bond donors (Lipinski definition) is 4. The Morgan fingerprint density at radius 1 is 0.926 bits per heavy atom. The molecule has 0 saturated carbocycles. The summed E-state index contributed by atoms with van der Waals surface area (Å²) >= 11 is 6.56. The van der Waals surface area contributed by atoms with E-state index in [1.165, 1.54) is 23.5 Å². The summed E-state index contributed by atoms with van der Waals surface area (Å²) in [6.45, 7) is 6.46. The predicted molar refractivity (Wildman–Crippen MR) is 255 cm³/mol. The lowest BCUT2D eigenvalue weighted by molar-refractivity contribution is -0.137. The first-order valence-corrected chi connectivity index (χ1v) is 24.7.